The number of hydrogen-bond acceptors (Lipinski definition) is 3. The number of benzene rings is 3. The summed E-state index contributed by atoms with van der Waals surface area (Å²) in [6.45, 7) is 3.94. The Hall–Kier alpha value is -3.44. The van der Waals surface area contributed by atoms with Crippen molar-refractivity contribution in [3.63, 3.8) is 0 Å². The van der Waals surface area contributed by atoms with Gasteiger partial charge in [0, 0.05) is 16.3 Å². The van der Waals surface area contributed by atoms with Gasteiger partial charge in [0.1, 0.15) is 6.54 Å². The Morgan fingerprint density at radius 2 is 1.70 bits per heavy atom. The molecule has 0 saturated carbocycles. The first kappa shape index (κ1) is 19.9. The first-order valence-corrected chi connectivity index (χ1v) is 9.93. The van der Waals surface area contributed by atoms with Crippen LogP contribution in [0.1, 0.15) is 27.3 Å². The molecule has 0 aliphatic heterocycles. The van der Waals surface area contributed by atoms with E-state index in [1.165, 1.54) is 0 Å². The van der Waals surface area contributed by atoms with Crippen LogP contribution in [0.4, 0.5) is 5.69 Å². The lowest BCUT2D eigenvalue weighted by atomic mass is 10.1. The highest BCUT2D eigenvalue weighted by atomic mass is 35.5. The third kappa shape index (κ3) is 3.84. The number of anilines is 1. The van der Waals surface area contributed by atoms with E-state index >= 15 is 0 Å². The fourth-order valence-corrected chi connectivity index (χ4v) is 3.49. The molecule has 1 N–H and O–H groups in total. The summed E-state index contributed by atoms with van der Waals surface area (Å²) < 4.78 is 1.66. The van der Waals surface area contributed by atoms with Gasteiger partial charge in [0.2, 0.25) is 11.7 Å². The summed E-state index contributed by atoms with van der Waals surface area (Å²) >= 11 is 5.94. The third-order valence-electron chi connectivity index (χ3n) is 5.14. The van der Waals surface area contributed by atoms with Crippen LogP contribution in [-0.4, -0.2) is 21.2 Å². The minimum absolute atomic E-state index is 0.0252. The Labute approximate surface area is 179 Å². The number of aromatic nitrogens is 2. The molecular formula is C24H20ClN3O2. The van der Waals surface area contributed by atoms with E-state index in [4.69, 9.17) is 11.6 Å². The Balaban J connectivity index is 1.70. The molecule has 150 valence electrons. The van der Waals surface area contributed by atoms with Crippen LogP contribution in [0.2, 0.25) is 5.02 Å². The van der Waals surface area contributed by atoms with Crippen LogP contribution in [0, 0.1) is 13.8 Å². The van der Waals surface area contributed by atoms with Gasteiger partial charge in [-0.1, -0.05) is 35.9 Å². The SMILES string of the molecule is Cc1cccc(NC(=O)Cn2c(C(=O)c3ccc(Cl)cc3)nc3ccccc32)c1C. The number of ketones is 1. The van der Waals surface area contributed by atoms with Gasteiger partial charge >= 0.3 is 0 Å². The van der Waals surface area contributed by atoms with Crippen LogP contribution in [0.15, 0.2) is 66.7 Å². The van der Waals surface area contributed by atoms with Crippen molar-refractivity contribution >= 4 is 40.0 Å². The summed E-state index contributed by atoms with van der Waals surface area (Å²) in [5, 5.41) is 3.50. The van der Waals surface area contributed by atoms with Gasteiger partial charge in [-0.2, -0.15) is 0 Å². The molecule has 0 aliphatic carbocycles. The molecule has 1 aromatic heterocycles. The maximum absolute atomic E-state index is 13.1. The van der Waals surface area contributed by atoms with E-state index in [1.54, 1.807) is 28.8 Å². The first-order chi connectivity index (χ1) is 14.4. The molecule has 0 aliphatic rings. The Morgan fingerprint density at radius 3 is 2.47 bits per heavy atom. The topological polar surface area (TPSA) is 64.0 Å². The maximum Gasteiger partial charge on any atom is 0.244 e. The van der Waals surface area contributed by atoms with Gasteiger partial charge in [-0.25, -0.2) is 4.98 Å². The van der Waals surface area contributed by atoms with Gasteiger partial charge < -0.3 is 9.88 Å². The van der Waals surface area contributed by atoms with Gasteiger partial charge in [-0.05, 0) is 67.4 Å². The molecule has 0 fully saturated rings. The highest BCUT2D eigenvalue weighted by Crippen LogP contribution is 2.21. The number of rotatable bonds is 5. The number of imidazole rings is 1. The number of aryl methyl sites for hydroxylation is 1. The summed E-state index contributed by atoms with van der Waals surface area (Å²) in [5.41, 5.74) is 4.72. The average molecular weight is 418 g/mol. The van der Waals surface area contributed by atoms with Crippen LogP contribution >= 0.6 is 11.6 Å². The Bertz CT molecular complexity index is 1260. The number of carbonyl (C=O) groups is 2. The maximum atomic E-state index is 13.1. The van der Waals surface area contributed by atoms with Gasteiger partial charge in [0.15, 0.2) is 5.82 Å². The van der Waals surface area contributed by atoms with E-state index in [1.807, 2.05) is 56.3 Å². The van der Waals surface area contributed by atoms with E-state index in [9.17, 15) is 9.59 Å². The zero-order valence-electron chi connectivity index (χ0n) is 16.6. The second-order valence-corrected chi connectivity index (χ2v) is 7.58. The number of halogens is 1. The van der Waals surface area contributed by atoms with Crippen molar-refractivity contribution in [2.24, 2.45) is 0 Å². The lowest BCUT2D eigenvalue weighted by Gasteiger charge is -2.12. The van der Waals surface area contributed by atoms with Crippen LogP contribution in [0.5, 0.6) is 0 Å². The molecule has 30 heavy (non-hydrogen) atoms. The predicted octanol–water partition coefficient (Wildman–Crippen LogP) is 5.18. The molecule has 0 atom stereocenters. The Kier molecular flexibility index (Phi) is 5.38. The first-order valence-electron chi connectivity index (χ1n) is 9.55. The highest BCUT2D eigenvalue weighted by molar-refractivity contribution is 6.30. The average Bonchev–Trinajstić information content (AvgIpc) is 3.10. The van der Waals surface area contributed by atoms with Crippen molar-refractivity contribution < 1.29 is 9.59 Å². The number of fused-ring (bicyclic) bond motifs is 1. The molecule has 1 amide bonds. The zero-order chi connectivity index (χ0) is 21.3. The van der Waals surface area contributed by atoms with Crippen molar-refractivity contribution in [3.05, 3.63) is 94.3 Å². The molecule has 0 saturated heterocycles. The number of para-hydroxylation sites is 2. The number of amides is 1. The van der Waals surface area contributed by atoms with Gasteiger partial charge in [-0.3, -0.25) is 9.59 Å². The largest absolute Gasteiger partial charge is 0.324 e. The van der Waals surface area contributed by atoms with Crippen molar-refractivity contribution in [2.75, 3.05) is 5.32 Å². The molecular weight excluding hydrogens is 398 g/mol. The number of carbonyl (C=O) groups excluding carboxylic acids is 2. The van der Waals surface area contributed by atoms with E-state index in [0.717, 1.165) is 22.3 Å². The zero-order valence-corrected chi connectivity index (χ0v) is 17.4. The van der Waals surface area contributed by atoms with Crippen LogP contribution in [0.25, 0.3) is 11.0 Å². The quantitative estimate of drug-likeness (QED) is 0.455. The highest BCUT2D eigenvalue weighted by Gasteiger charge is 2.21. The number of nitrogens with one attached hydrogen (secondary N) is 1. The normalized spacial score (nSPS) is 10.9. The fraction of sp³-hybridized carbons (Fsp3) is 0.125. The van der Waals surface area contributed by atoms with E-state index < -0.39 is 0 Å². The van der Waals surface area contributed by atoms with Crippen LogP contribution < -0.4 is 5.32 Å². The number of hydrogen-bond donors (Lipinski definition) is 1. The van der Waals surface area contributed by atoms with Gasteiger partial charge in [0.05, 0.1) is 11.0 Å². The molecule has 6 heteroatoms. The molecule has 0 bridgehead atoms. The third-order valence-corrected chi connectivity index (χ3v) is 5.40. The van der Waals surface area contributed by atoms with Crippen molar-refractivity contribution in [3.8, 4) is 0 Å². The molecule has 4 rings (SSSR count). The molecule has 3 aromatic carbocycles. The summed E-state index contributed by atoms with van der Waals surface area (Å²) in [7, 11) is 0. The second-order valence-electron chi connectivity index (χ2n) is 7.14. The summed E-state index contributed by atoms with van der Waals surface area (Å²) in [6.07, 6.45) is 0. The molecule has 0 spiro atoms. The fourth-order valence-electron chi connectivity index (χ4n) is 3.36. The van der Waals surface area contributed by atoms with Crippen LogP contribution in [0.3, 0.4) is 0 Å². The minimum Gasteiger partial charge on any atom is -0.324 e. The molecule has 1 heterocycles. The lowest BCUT2D eigenvalue weighted by molar-refractivity contribution is -0.116. The van der Waals surface area contributed by atoms with Crippen LogP contribution in [-0.2, 0) is 11.3 Å². The van der Waals surface area contributed by atoms with Crippen molar-refractivity contribution in [1.82, 2.24) is 9.55 Å². The minimum atomic E-state index is -0.262. The predicted molar refractivity (Wildman–Crippen MR) is 119 cm³/mol. The van der Waals surface area contributed by atoms with Crippen molar-refractivity contribution in [2.45, 2.75) is 20.4 Å². The van der Waals surface area contributed by atoms with E-state index in [2.05, 4.69) is 10.3 Å². The molecule has 0 unspecified atom stereocenters. The monoisotopic (exact) mass is 417 g/mol. The van der Waals surface area contributed by atoms with E-state index in [-0.39, 0.29) is 24.1 Å². The molecule has 4 aromatic rings. The smallest absolute Gasteiger partial charge is 0.244 e. The molecule has 0 radical (unpaired) electrons. The summed E-state index contributed by atoms with van der Waals surface area (Å²) in [4.78, 5) is 30.5. The summed E-state index contributed by atoms with van der Waals surface area (Å²) in [6, 6.07) is 19.8. The van der Waals surface area contributed by atoms with Gasteiger partial charge in [0.25, 0.3) is 0 Å². The molecule has 5 nitrogen and oxygen atoms in total. The van der Waals surface area contributed by atoms with Crippen molar-refractivity contribution in [1.29, 1.82) is 0 Å². The lowest BCUT2D eigenvalue weighted by Crippen LogP contribution is -2.22. The Morgan fingerprint density at radius 1 is 0.967 bits per heavy atom. The second kappa shape index (κ2) is 8.13. The number of nitrogens with zero attached hydrogens (tertiary/aromatic N) is 2. The van der Waals surface area contributed by atoms with E-state index in [0.29, 0.717) is 16.1 Å². The summed E-state index contributed by atoms with van der Waals surface area (Å²) in [5.74, 6) is -0.269. The van der Waals surface area contributed by atoms with Gasteiger partial charge in [-0.15, -0.1) is 0 Å². The standard InChI is InChI=1S/C24H20ClN3O2/c1-15-6-5-8-19(16(15)2)26-22(29)14-28-21-9-4-3-7-20(21)27-24(28)23(30)17-10-12-18(25)13-11-17/h3-13H,14H2,1-2H3,(H,26,29).